The van der Waals surface area contributed by atoms with Crippen molar-refractivity contribution in [2.24, 2.45) is 7.05 Å². The van der Waals surface area contributed by atoms with Crippen LogP contribution in [0, 0.1) is 13.8 Å². The number of aryl methyl sites for hydroxylation is 2. The Kier molecular flexibility index (Phi) is 2.26. The Morgan fingerprint density at radius 2 is 1.94 bits per heavy atom. The lowest BCUT2D eigenvalue weighted by Gasteiger charge is -2.08. The summed E-state index contributed by atoms with van der Waals surface area (Å²) < 4.78 is 2.43. The van der Waals surface area contributed by atoms with E-state index in [9.17, 15) is 4.79 Å². The molecule has 0 bridgehead atoms. The van der Waals surface area contributed by atoms with Crippen molar-refractivity contribution in [3.8, 4) is 5.69 Å². The fourth-order valence-electron chi connectivity index (χ4n) is 1.55. The van der Waals surface area contributed by atoms with Crippen LogP contribution in [-0.2, 0) is 7.05 Å². The Hall–Kier alpha value is -2.11. The largest absolute Gasteiger partial charge is 0.399 e. The van der Waals surface area contributed by atoms with Crippen molar-refractivity contribution in [3.63, 3.8) is 0 Å². The van der Waals surface area contributed by atoms with Crippen molar-refractivity contribution < 1.29 is 0 Å². The minimum atomic E-state index is -0.284. The van der Waals surface area contributed by atoms with Crippen LogP contribution in [0.15, 0.2) is 16.9 Å². The van der Waals surface area contributed by atoms with Crippen LogP contribution >= 0.6 is 0 Å². The summed E-state index contributed by atoms with van der Waals surface area (Å²) in [6.07, 6.45) is 0. The molecule has 0 atom stereocenters. The van der Waals surface area contributed by atoms with E-state index < -0.39 is 0 Å². The molecule has 6 heteroatoms. The fourth-order valence-corrected chi connectivity index (χ4v) is 1.55. The second kappa shape index (κ2) is 3.48. The second-order valence-electron chi connectivity index (χ2n) is 3.78. The fraction of sp³-hybridized carbons (Fsp3) is 0.300. The number of hydrogen-bond acceptors (Lipinski definition) is 4. The van der Waals surface area contributed by atoms with Crippen LogP contribution < -0.4 is 11.4 Å². The van der Waals surface area contributed by atoms with Crippen LogP contribution in [0.3, 0.4) is 0 Å². The second-order valence-corrected chi connectivity index (χ2v) is 3.78. The highest BCUT2D eigenvalue weighted by molar-refractivity contribution is 5.55. The molecule has 0 spiro atoms. The number of benzene rings is 1. The number of tetrazole rings is 1. The van der Waals surface area contributed by atoms with E-state index in [2.05, 4.69) is 10.4 Å². The minimum Gasteiger partial charge on any atom is -0.399 e. The van der Waals surface area contributed by atoms with Crippen LogP contribution in [0.4, 0.5) is 5.69 Å². The summed E-state index contributed by atoms with van der Waals surface area (Å²) in [6, 6.07) is 3.58. The van der Waals surface area contributed by atoms with Gasteiger partial charge < -0.3 is 5.73 Å². The van der Waals surface area contributed by atoms with Gasteiger partial charge >= 0.3 is 5.69 Å². The van der Waals surface area contributed by atoms with Gasteiger partial charge in [-0.25, -0.2) is 4.79 Å². The van der Waals surface area contributed by atoms with Gasteiger partial charge in [-0.15, -0.1) is 0 Å². The quantitative estimate of drug-likeness (QED) is 0.693. The molecule has 0 aliphatic heterocycles. The number of hydrogen-bond donors (Lipinski definition) is 1. The van der Waals surface area contributed by atoms with Gasteiger partial charge in [0.2, 0.25) is 0 Å². The molecule has 2 N–H and O–H groups in total. The van der Waals surface area contributed by atoms with Gasteiger partial charge in [0.25, 0.3) is 0 Å². The zero-order valence-corrected chi connectivity index (χ0v) is 9.43. The molecular weight excluding hydrogens is 206 g/mol. The van der Waals surface area contributed by atoms with Crippen LogP contribution in [0.25, 0.3) is 5.69 Å². The lowest BCUT2D eigenvalue weighted by atomic mass is 10.1. The van der Waals surface area contributed by atoms with E-state index in [4.69, 9.17) is 5.73 Å². The summed E-state index contributed by atoms with van der Waals surface area (Å²) in [7, 11) is 1.56. The van der Waals surface area contributed by atoms with Crippen molar-refractivity contribution in [2.75, 3.05) is 5.73 Å². The summed E-state index contributed by atoms with van der Waals surface area (Å²) in [5.74, 6) is 0. The lowest BCUT2D eigenvalue weighted by Crippen LogP contribution is -2.22. The van der Waals surface area contributed by atoms with Gasteiger partial charge in [-0.2, -0.15) is 9.36 Å². The Morgan fingerprint density at radius 3 is 2.50 bits per heavy atom. The third kappa shape index (κ3) is 1.48. The summed E-state index contributed by atoms with van der Waals surface area (Å²) >= 11 is 0. The Morgan fingerprint density at radius 1 is 1.25 bits per heavy atom. The summed E-state index contributed by atoms with van der Waals surface area (Å²) in [4.78, 5) is 11.7. The van der Waals surface area contributed by atoms with E-state index in [1.807, 2.05) is 19.9 Å². The number of aromatic nitrogens is 4. The van der Waals surface area contributed by atoms with Gasteiger partial charge in [0, 0.05) is 12.7 Å². The van der Waals surface area contributed by atoms with E-state index >= 15 is 0 Å². The van der Waals surface area contributed by atoms with Gasteiger partial charge in [0.15, 0.2) is 0 Å². The summed E-state index contributed by atoms with van der Waals surface area (Å²) in [5, 5.41) is 7.46. The molecule has 0 saturated carbocycles. The maximum atomic E-state index is 11.7. The van der Waals surface area contributed by atoms with Crippen molar-refractivity contribution in [1.29, 1.82) is 0 Å². The van der Waals surface area contributed by atoms with Gasteiger partial charge in [-0.3, -0.25) is 0 Å². The molecule has 2 rings (SSSR count). The number of nitrogen functional groups attached to an aromatic ring is 1. The van der Waals surface area contributed by atoms with Crippen molar-refractivity contribution in [3.05, 3.63) is 33.7 Å². The lowest BCUT2D eigenvalue weighted by molar-refractivity contribution is 0.692. The summed E-state index contributed by atoms with van der Waals surface area (Å²) in [6.45, 7) is 3.86. The normalized spacial score (nSPS) is 10.7. The van der Waals surface area contributed by atoms with Crippen molar-refractivity contribution in [2.45, 2.75) is 13.8 Å². The first kappa shape index (κ1) is 10.4. The predicted octanol–water partition coefficient (Wildman–Crippen LogP) is 0.165. The zero-order chi connectivity index (χ0) is 11.9. The highest BCUT2D eigenvalue weighted by Gasteiger charge is 2.10. The topological polar surface area (TPSA) is 78.7 Å². The standard InChI is InChI=1S/C10H13N5O/c1-6-4-8(11)5-9(7(6)2)15-10(16)14(3)12-13-15/h4-5H,11H2,1-3H3. The molecule has 0 amide bonds. The van der Waals surface area contributed by atoms with Gasteiger partial charge in [0.05, 0.1) is 5.69 Å². The van der Waals surface area contributed by atoms with E-state index in [1.165, 1.54) is 9.36 Å². The first-order valence-electron chi connectivity index (χ1n) is 4.87. The van der Waals surface area contributed by atoms with Crippen molar-refractivity contribution >= 4 is 5.69 Å². The summed E-state index contributed by atoms with van der Waals surface area (Å²) in [5.41, 5.74) is 8.74. The molecule has 16 heavy (non-hydrogen) atoms. The highest BCUT2D eigenvalue weighted by Crippen LogP contribution is 2.19. The molecular formula is C10H13N5O. The van der Waals surface area contributed by atoms with E-state index in [-0.39, 0.29) is 5.69 Å². The molecule has 0 fully saturated rings. The van der Waals surface area contributed by atoms with Gasteiger partial charge in [-0.1, -0.05) is 0 Å². The number of nitrogens with two attached hydrogens (primary N) is 1. The third-order valence-corrected chi connectivity index (χ3v) is 2.61. The van der Waals surface area contributed by atoms with E-state index in [0.717, 1.165) is 11.1 Å². The number of nitrogens with zero attached hydrogens (tertiary/aromatic N) is 4. The molecule has 0 radical (unpaired) electrons. The number of anilines is 1. The molecule has 1 aromatic heterocycles. The minimum absolute atomic E-state index is 0.284. The molecule has 0 aliphatic rings. The average molecular weight is 219 g/mol. The Labute approximate surface area is 92.3 Å². The molecule has 6 nitrogen and oxygen atoms in total. The smallest absolute Gasteiger partial charge is 0.368 e. The molecule has 1 aromatic carbocycles. The van der Waals surface area contributed by atoms with Crippen LogP contribution in [-0.4, -0.2) is 19.8 Å². The predicted molar refractivity (Wildman–Crippen MR) is 60.5 cm³/mol. The van der Waals surface area contributed by atoms with Crippen LogP contribution in [0.1, 0.15) is 11.1 Å². The SMILES string of the molecule is Cc1cc(N)cc(-n2nnn(C)c2=O)c1C. The van der Waals surface area contributed by atoms with Gasteiger partial charge in [0.1, 0.15) is 0 Å². The van der Waals surface area contributed by atoms with Crippen LogP contribution in [0.5, 0.6) is 0 Å². The third-order valence-electron chi connectivity index (χ3n) is 2.61. The van der Waals surface area contributed by atoms with E-state index in [0.29, 0.717) is 11.4 Å². The Bertz CT molecular complexity index is 596. The maximum absolute atomic E-state index is 11.7. The molecule has 84 valence electrons. The molecule has 2 aromatic rings. The maximum Gasteiger partial charge on any atom is 0.368 e. The molecule has 0 unspecified atom stereocenters. The van der Waals surface area contributed by atoms with Crippen LogP contribution in [0.2, 0.25) is 0 Å². The first-order chi connectivity index (χ1) is 7.50. The van der Waals surface area contributed by atoms with Crippen molar-refractivity contribution in [1.82, 2.24) is 19.8 Å². The average Bonchev–Trinajstić information content (AvgIpc) is 2.54. The highest BCUT2D eigenvalue weighted by atomic mass is 16.2. The molecule has 0 saturated heterocycles. The van der Waals surface area contributed by atoms with E-state index in [1.54, 1.807) is 13.1 Å². The molecule has 0 aliphatic carbocycles. The molecule has 1 heterocycles. The number of rotatable bonds is 1. The zero-order valence-electron chi connectivity index (χ0n) is 9.43. The Balaban J connectivity index is 2.74. The first-order valence-corrected chi connectivity index (χ1v) is 4.87. The monoisotopic (exact) mass is 219 g/mol. The van der Waals surface area contributed by atoms with Gasteiger partial charge in [-0.05, 0) is 47.5 Å².